The van der Waals surface area contributed by atoms with Crippen LogP contribution in [0.2, 0.25) is 0 Å². The van der Waals surface area contributed by atoms with Gasteiger partial charge in [-0.2, -0.15) is 0 Å². The smallest absolute Gasteiger partial charge is 0.345 e. The number of aliphatic carboxylic acids is 1. The zero-order valence-corrected chi connectivity index (χ0v) is 19.7. The van der Waals surface area contributed by atoms with E-state index in [1.54, 1.807) is 30.6 Å². The van der Waals surface area contributed by atoms with Gasteiger partial charge in [0, 0.05) is 48.7 Å². The van der Waals surface area contributed by atoms with Crippen LogP contribution in [0.15, 0.2) is 59.9 Å². The molecule has 1 aromatic carbocycles. The van der Waals surface area contributed by atoms with E-state index in [2.05, 4.69) is 20.2 Å². The Hall–Kier alpha value is -4.15. The van der Waals surface area contributed by atoms with Crippen LogP contribution in [0.1, 0.15) is 11.1 Å². The number of pyridine rings is 1. The van der Waals surface area contributed by atoms with E-state index in [1.807, 2.05) is 19.1 Å². The second-order valence-corrected chi connectivity index (χ2v) is 8.50. The Balaban J connectivity index is 1.29. The maximum absolute atomic E-state index is 12.9. The van der Waals surface area contributed by atoms with E-state index in [0.29, 0.717) is 29.3 Å². The van der Waals surface area contributed by atoms with Gasteiger partial charge in [-0.05, 0) is 48.9 Å². The number of morpholine rings is 1. The van der Waals surface area contributed by atoms with Gasteiger partial charge in [0.05, 0.1) is 13.2 Å². The van der Waals surface area contributed by atoms with Crippen LogP contribution in [-0.4, -0.2) is 71.2 Å². The zero-order valence-electron chi connectivity index (χ0n) is 19.7. The lowest BCUT2D eigenvalue weighted by atomic mass is 10.1. The average molecular weight is 491 g/mol. The van der Waals surface area contributed by atoms with Crippen molar-refractivity contribution in [2.45, 2.75) is 6.92 Å². The van der Waals surface area contributed by atoms with Crippen molar-refractivity contribution in [1.29, 1.82) is 0 Å². The van der Waals surface area contributed by atoms with Gasteiger partial charge in [0.1, 0.15) is 18.0 Å². The molecule has 1 saturated heterocycles. The molecule has 2 aromatic heterocycles. The van der Waals surface area contributed by atoms with E-state index in [1.165, 1.54) is 6.08 Å². The molecule has 0 saturated carbocycles. The minimum Gasteiger partial charge on any atom is -0.492 e. The first-order valence-corrected chi connectivity index (χ1v) is 11.6. The van der Waals surface area contributed by atoms with Crippen LogP contribution in [0.5, 0.6) is 5.75 Å². The van der Waals surface area contributed by atoms with Gasteiger partial charge in [-0.15, -0.1) is 0 Å². The number of aromatic amines is 1. The highest BCUT2D eigenvalue weighted by atomic mass is 16.5. The number of carbonyl (C=O) groups is 2. The van der Waals surface area contributed by atoms with E-state index in [9.17, 15) is 14.7 Å². The second-order valence-electron chi connectivity index (χ2n) is 8.50. The first-order valence-electron chi connectivity index (χ1n) is 11.6. The zero-order chi connectivity index (χ0) is 25.1. The molecule has 0 aliphatic carbocycles. The molecular weight excluding hydrogens is 464 g/mol. The third kappa shape index (κ3) is 4.95. The van der Waals surface area contributed by atoms with Gasteiger partial charge in [0.15, 0.2) is 11.3 Å². The first-order chi connectivity index (χ1) is 17.5. The number of benzene rings is 1. The SMILES string of the molecule is Cc1cc(OCCN2CCOCC2)ccc1NC1=C(C(=O)O)C(=O)/C(=C/c2c[nH]c3ncccc23)O1. The van der Waals surface area contributed by atoms with Crippen LogP contribution >= 0.6 is 0 Å². The van der Waals surface area contributed by atoms with Gasteiger partial charge in [-0.3, -0.25) is 9.69 Å². The Morgan fingerprint density at radius 2 is 2.14 bits per heavy atom. The third-order valence-electron chi connectivity index (χ3n) is 6.10. The number of nitrogens with zero attached hydrogens (tertiary/aromatic N) is 2. The highest BCUT2D eigenvalue weighted by Gasteiger charge is 2.36. The van der Waals surface area contributed by atoms with Gasteiger partial charge in [0.25, 0.3) is 0 Å². The molecule has 4 heterocycles. The average Bonchev–Trinajstić information content (AvgIpc) is 3.42. The molecule has 2 aliphatic rings. The number of anilines is 1. The highest BCUT2D eigenvalue weighted by molar-refractivity contribution is 6.26. The predicted octanol–water partition coefficient (Wildman–Crippen LogP) is 2.93. The molecule has 0 atom stereocenters. The Bertz CT molecular complexity index is 1370. The fourth-order valence-corrected chi connectivity index (χ4v) is 4.15. The number of carbonyl (C=O) groups excluding carboxylic acids is 1. The lowest BCUT2D eigenvalue weighted by molar-refractivity contribution is -0.134. The molecule has 2 aliphatic heterocycles. The molecular formula is C26H26N4O6. The number of carboxylic acids is 1. The number of aryl methyl sites for hydroxylation is 1. The molecule has 10 heteroatoms. The van der Waals surface area contributed by atoms with Crippen LogP contribution in [0, 0.1) is 6.92 Å². The number of Topliss-reactive ketones (excluding diaryl/α,β-unsaturated/α-hetero) is 1. The summed E-state index contributed by atoms with van der Waals surface area (Å²) in [5, 5.41) is 13.5. The van der Waals surface area contributed by atoms with Crippen LogP contribution in [0.3, 0.4) is 0 Å². The monoisotopic (exact) mass is 490 g/mol. The largest absolute Gasteiger partial charge is 0.492 e. The maximum atomic E-state index is 12.9. The van der Waals surface area contributed by atoms with Crippen molar-refractivity contribution < 1.29 is 28.9 Å². The predicted molar refractivity (Wildman–Crippen MR) is 132 cm³/mol. The van der Waals surface area contributed by atoms with E-state index < -0.39 is 17.3 Å². The van der Waals surface area contributed by atoms with Crippen LogP contribution in [0.25, 0.3) is 17.1 Å². The maximum Gasteiger partial charge on any atom is 0.345 e. The standard InChI is InChI=1S/C26H26N4O6/c1-16-13-18(35-12-9-30-7-10-34-11-8-30)4-5-20(16)29-25-22(26(32)33)23(31)21(36-25)14-17-15-28-24-19(17)3-2-6-27-24/h2-6,13-15,29H,7-12H2,1H3,(H,27,28)(H,32,33)/b21-14-. The van der Waals surface area contributed by atoms with Crippen molar-refractivity contribution in [3.05, 3.63) is 71.1 Å². The Morgan fingerprint density at radius 3 is 2.92 bits per heavy atom. The van der Waals surface area contributed by atoms with E-state index in [0.717, 1.165) is 43.8 Å². The molecule has 3 aromatic rings. The summed E-state index contributed by atoms with van der Waals surface area (Å²) in [7, 11) is 0. The number of carboxylic acid groups (broad SMARTS) is 1. The number of H-pyrrole nitrogens is 1. The number of rotatable bonds is 8. The summed E-state index contributed by atoms with van der Waals surface area (Å²) in [6.07, 6.45) is 4.86. The van der Waals surface area contributed by atoms with E-state index in [4.69, 9.17) is 14.2 Å². The molecule has 10 nitrogen and oxygen atoms in total. The molecule has 186 valence electrons. The first kappa shape index (κ1) is 23.6. The molecule has 36 heavy (non-hydrogen) atoms. The van der Waals surface area contributed by atoms with Crippen LogP contribution in [-0.2, 0) is 19.1 Å². The van der Waals surface area contributed by atoms with Crippen molar-refractivity contribution in [3.63, 3.8) is 0 Å². The van der Waals surface area contributed by atoms with Crippen molar-refractivity contribution in [2.24, 2.45) is 0 Å². The Labute approximate surface area is 207 Å². The number of fused-ring (bicyclic) bond motifs is 1. The lowest BCUT2D eigenvalue weighted by Crippen LogP contribution is -2.38. The molecule has 3 N–H and O–H groups in total. The molecule has 0 amide bonds. The summed E-state index contributed by atoms with van der Waals surface area (Å²) in [5.41, 5.74) is 2.29. The van der Waals surface area contributed by atoms with Crippen molar-refractivity contribution >= 4 is 34.5 Å². The number of aromatic nitrogens is 2. The topological polar surface area (TPSA) is 126 Å². The molecule has 5 rings (SSSR count). The minimum atomic E-state index is -1.37. The Morgan fingerprint density at radius 1 is 1.31 bits per heavy atom. The van der Waals surface area contributed by atoms with Crippen molar-refractivity contribution in [1.82, 2.24) is 14.9 Å². The lowest BCUT2D eigenvalue weighted by Gasteiger charge is -2.26. The summed E-state index contributed by atoms with van der Waals surface area (Å²) >= 11 is 0. The van der Waals surface area contributed by atoms with E-state index in [-0.39, 0.29) is 11.6 Å². The van der Waals surface area contributed by atoms with Gasteiger partial charge < -0.3 is 29.6 Å². The third-order valence-corrected chi connectivity index (χ3v) is 6.10. The van der Waals surface area contributed by atoms with Crippen molar-refractivity contribution in [3.8, 4) is 5.75 Å². The summed E-state index contributed by atoms with van der Waals surface area (Å²) in [4.78, 5) is 34.3. The summed E-state index contributed by atoms with van der Waals surface area (Å²) in [6.45, 7) is 6.52. The summed E-state index contributed by atoms with van der Waals surface area (Å²) < 4.78 is 16.9. The summed E-state index contributed by atoms with van der Waals surface area (Å²) in [6, 6.07) is 9.05. The molecule has 0 unspecified atom stereocenters. The number of allylic oxidation sites excluding steroid dienone is 1. The number of ether oxygens (including phenoxy) is 3. The van der Waals surface area contributed by atoms with Crippen LogP contribution in [0.4, 0.5) is 5.69 Å². The fraction of sp³-hybridized carbons (Fsp3) is 0.269. The highest BCUT2D eigenvalue weighted by Crippen LogP contribution is 2.31. The van der Waals surface area contributed by atoms with Gasteiger partial charge >= 0.3 is 5.97 Å². The molecule has 0 radical (unpaired) electrons. The van der Waals surface area contributed by atoms with Crippen molar-refractivity contribution in [2.75, 3.05) is 44.8 Å². The summed E-state index contributed by atoms with van der Waals surface area (Å²) in [5.74, 6) is -1.58. The number of hydrogen-bond donors (Lipinski definition) is 3. The molecule has 0 bridgehead atoms. The second kappa shape index (κ2) is 10.2. The Kier molecular flexibility index (Phi) is 6.70. The quantitative estimate of drug-likeness (QED) is 0.323. The fourth-order valence-electron chi connectivity index (χ4n) is 4.15. The van der Waals surface area contributed by atoms with Gasteiger partial charge in [-0.25, -0.2) is 9.78 Å². The number of hydrogen-bond acceptors (Lipinski definition) is 8. The minimum absolute atomic E-state index is 0.0830. The normalized spacial score (nSPS) is 17.6. The van der Waals surface area contributed by atoms with Gasteiger partial charge in [-0.1, -0.05) is 0 Å². The number of ketones is 1. The number of nitrogens with one attached hydrogen (secondary N) is 2. The molecule has 1 fully saturated rings. The van der Waals surface area contributed by atoms with E-state index >= 15 is 0 Å². The molecule has 0 spiro atoms. The van der Waals surface area contributed by atoms with Gasteiger partial charge in [0.2, 0.25) is 11.7 Å². The van der Waals surface area contributed by atoms with Crippen LogP contribution < -0.4 is 10.1 Å².